The van der Waals surface area contributed by atoms with Crippen LogP contribution >= 0.6 is 0 Å². The van der Waals surface area contributed by atoms with E-state index >= 15 is 0 Å². The minimum absolute atomic E-state index is 0.109. The Kier molecular flexibility index (Phi) is 6.01. The summed E-state index contributed by atoms with van der Waals surface area (Å²) in [6.45, 7) is 2.59. The lowest BCUT2D eigenvalue weighted by Crippen LogP contribution is -2.38. The zero-order valence-electron chi connectivity index (χ0n) is 18.1. The predicted molar refractivity (Wildman–Crippen MR) is 122 cm³/mol. The van der Waals surface area contributed by atoms with Gasteiger partial charge in [0.05, 0.1) is 31.1 Å². The van der Waals surface area contributed by atoms with Crippen molar-refractivity contribution in [3.63, 3.8) is 0 Å². The van der Waals surface area contributed by atoms with Crippen LogP contribution in [0, 0.1) is 11.2 Å². The van der Waals surface area contributed by atoms with Crippen molar-refractivity contribution in [3.8, 4) is 16.9 Å². The highest BCUT2D eigenvalue weighted by Gasteiger charge is 2.28. The maximum Gasteiger partial charge on any atom is 0.318 e. The first-order valence-electron chi connectivity index (χ1n) is 10.5. The summed E-state index contributed by atoms with van der Waals surface area (Å²) in [6, 6.07) is 7.54. The molecular formula is C23H25FN6O3. The number of halogens is 1. The number of aromatic hydroxyl groups is 1. The number of anilines is 1. The van der Waals surface area contributed by atoms with E-state index in [-0.39, 0.29) is 24.9 Å². The van der Waals surface area contributed by atoms with Gasteiger partial charge in [0, 0.05) is 17.8 Å². The number of urea groups is 1. The number of aliphatic hydroxyl groups is 1. The van der Waals surface area contributed by atoms with Crippen molar-refractivity contribution in [1.82, 2.24) is 20.2 Å². The lowest BCUT2D eigenvalue weighted by molar-refractivity contribution is 0.193. The number of aliphatic hydroxyl groups excluding tert-OH is 1. The zero-order valence-corrected chi connectivity index (χ0v) is 18.1. The van der Waals surface area contributed by atoms with Gasteiger partial charge >= 0.3 is 6.03 Å². The van der Waals surface area contributed by atoms with Gasteiger partial charge in [-0.15, -0.1) is 0 Å². The second kappa shape index (κ2) is 8.91. The molecule has 2 amide bonds. The molecule has 0 saturated carbocycles. The van der Waals surface area contributed by atoms with Crippen molar-refractivity contribution in [2.24, 2.45) is 0 Å². The molecule has 0 aliphatic carbocycles. The van der Waals surface area contributed by atoms with Crippen LogP contribution in [0.25, 0.3) is 11.1 Å². The molecule has 0 radical (unpaired) electrons. The summed E-state index contributed by atoms with van der Waals surface area (Å²) in [5.74, 6) is -0.751. The van der Waals surface area contributed by atoms with E-state index in [1.165, 1.54) is 12.1 Å². The van der Waals surface area contributed by atoms with Crippen molar-refractivity contribution in [1.29, 1.82) is 5.41 Å². The molecule has 9 nitrogen and oxygen atoms in total. The van der Waals surface area contributed by atoms with Crippen LogP contribution in [-0.2, 0) is 19.5 Å². The Bertz CT molecular complexity index is 1220. The molecule has 10 heteroatoms. The number of amides is 2. The molecule has 1 aliphatic heterocycles. The van der Waals surface area contributed by atoms with E-state index in [1.54, 1.807) is 23.1 Å². The number of nitrogens with one attached hydrogen (secondary N) is 3. The van der Waals surface area contributed by atoms with Gasteiger partial charge in [-0.3, -0.25) is 5.41 Å². The lowest BCUT2D eigenvalue weighted by Gasteiger charge is -2.16. The molecule has 0 saturated heterocycles. The van der Waals surface area contributed by atoms with Gasteiger partial charge in [-0.05, 0) is 41.3 Å². The topological polar surface area (TPSA) is 151 Å². The highest BCUT2D eigenvalue weighted by atomic mass is 19.1. The fourth-order valence-electron chi connectivity index (χ4n) is 3.92. The molecule has 0 bridgehead atoms. The van der Waals surface area contributed by atoms with Gasteiger partial charge in [0.25, 0.3) is 0 Å². The quantitative estimate of drug-likeness (QED) is 0.251. The first kappa shape index (κ1) is 22.3. The maximum atomic E-state index is 14.0. The summed E-state index contributed by atoms with van der Waals surface area (Å²) in [4.78, 5) is 21.2. The summed E-state index contributed by atoms with van der Waals surface area (Å²) in [5.41, 5.74) is 10.7. The molecule has 172 valence electrons. The van der Waals surface area contributed by atoms with Crippen molar-refractivity contribution in [3.05, 3.63) is 64.5 Å². The molecule has 2 heterocycles. The van der Waals surface area contributed by atoms with E-state index in [0.29, 0.717) is 53.4 Å². The third kappa shape index (κ3) is 4.24. The Morgan fingerprint density at radius 1 is 1.33 bits per heavy atom. The second-order valence-electron chi connectivity index (χ2n) is 7.81. The number of aromatic nitrogens is 2. The number of imidazole rings is 1. The molecule has 0 spiro atoms. The predicted octanol–water partition coefficient (Wildman–Crippen LogP) is 2.50. The number of hydrogen-bond acceptors (Lipinski definition) is 6. The minimum atomic E-state index is -0.707. The molecule has 0 fully saturated rings. The Morgan fingerprint density at radius 2 is 2.12 bits per heavy atom. The van der Waals surface area contributed by atoms with E-state index in [1.807, 2.05) is 6.92 Å². The van der Waals surface area contributed by atoms with E-state index < -0.39 is 11.6 Å². The van der Waals surface area contributed by atoms with Crippen molar-refractivity contribution >= 4 is 17.4 Å². The average molecular weight is 452 g/mol. The summed E-state index contributed by atoms with van der Waals surface area (Å²) in [6.07, 6.45) is 0.605. The summed E-state index contributed by atoms with van der Waals surface area (Å²) in [5, 5.41) is 29.7. The third-order valence-corrected chi connectivity index (χ3v) is 5.65. The van der Waals surface area contributed by atoms with Crippen LogP contribution in [0.3, 0.4) is 0 Å². The smallest absolute Gasteiger partial charge is 0.318 e. The molecule has 0 unspecified atom stereocenters. The Balaban J connectivity index is 1.55. The van der Waals surface area contributed by atoms with E-state index in [9.17, 15) is 14.3 Å². The van der Waals surface area contributed by atoms with Crippen LogP contribution in [0.5, 0.6) is 5.75 Å². The summed E-state index contributed by atoms with van der Waals surface area (Å²) >= 11 is 0. The fourth-order valence-corrected chi connectivity index (χ4v) is 3.92. The molecule has 3 aromatic rings. The minimum Gasteiger partial charge on any atom is -0.505 e. The number of nitrogens with two attached hydrogens (primary N) is 1. The maximum absolute atomic E-state index is 14.0. The Labute approximate surface area is 189 Å². The fraction of sp³-hybridized carbons (Fsp3) is 0.261. The van der Waals surface area contributed by atoms with Crippen LogP contribution in [0.4, 0.5) is 14.9 Å². The molecular weight excluding hydrogens is 427 g/mol. The standard InChI is InChI=1S/C23H25FN6O3/c1-2-12-8-20(32)16(24)9-15(12)13-3-4-14(17(25)7-13)21(26)22-28-18-10-30(11-19(18)29-22)23(33)27-5-6-31/h3-4,7-9,26,31-32H,2,5-6,10-11,25H2,1H3,(H,27,33)(H,28,29). The Hall–Kier alpha value is -3.92. The van der Waals surface area contributed by atoms with Crippen LogP contribution < -0.4 is 11.1 Å². The molecule has 2 aromatic carbocycles. The van der Waals surface area contributed by atoms with Crippen LogP contribution in [0.2, 0.25) is 0 Å². The van der Waals surface area contributed by atoms with E-state index in [4.69, 9.17) is 16.2 Å². The van der Waals surface area contributed by atoms with Crippen LogP contribution in [0.15, 0.2) is 30.3 Å². The van der Waals surface area contributed by atoms with Gasteiger partial charge in [0.2, 0.25) is 0 Å². The number of nitrogens with zero attached hydrogens (tertiary/aromatic N) is 2. The number of nitrogen functional groups attached to an aromatic ring is 1. The van der Waals surface area contributed by atoms with Gasteiger partial charge in [-0.1, -0.05) is 19.1 Å². The first-order chi connectivity index (χ1) is 15.8. The summed E-state index contributed by atoms with van der Waals surface area (Å²) in [7, 11) is 0. The first-order valence-corrected chi connectivity index (χ1v) is 10.5. The molecule has 7 N–H and O–H groups in total. The van der Waals surface area contributed by atoms with Gasteiger partial charge in [-0.2, -0.15) is 0 Å². The van der Waals surface area contributed by atoms with E-state index in [0.717, 1.165) is 11.3 Å². The molecule has 33 heavy (non-hydrogen) atoms. The normalized spacial score (nSPS) is 12.6. The average Bonchev–Trinajstić information content (AvgIpc) is 3.38. The number of phenolic OH excluding ortho intramolecular Hbond substituents is 1. The number of phenols is 1. The van der Waals surface area contributed by atoms with Crippen molar-refractivity contribution < 1.29 is 19.4 Å². The number of fused-ring (bicyclic) bond motifs is 1. The SMILES string of the molecule is CCc1cc(O)c(F)cc1-c1ccc(C(=N)c2nc3c([nH]2)CN(C(=O)NCCO)C3)c(N)c1. The van der Waals surface area contributed by atoms with E-state index in [2.05, 4.69) is 15.3 Å². The van der Waals surface area contributed by atoms with Crippen molar-refractivity contribution in [2.45, 2.75) is 26.4 Å². The molecule has 0 atom stereocenters. The lowest BCUT2D eigenvalue weighted by atomic mass is 9.95. The number of rotatable bonds is 6. The highest BCUT2D eigenvalue weighted by Crippen LogP contribution is 2.32. The number of aromatic amines is 1. The number of hydrogen-bond donors (Lipinski definition) is 6. The molecule has 1 aliphatic rings. The van der Waals surface area contributed by atoms with Crippen LogP contribution in [0.1, 0.15) is 35.3 Å². The van der Waals surface area contributed by atoms with Gasteiger partial charge in [0.15, 0.2) is 17.4 Å². The number of benzene rings is 2. The molecule has 1 aromatic heterocycles. The van der Waals surface area contributed by atoms with Gasteiger partial charge in [0.1, 0.15) is 5.71 Å². The number of carbonyl (C=O) groups excluding carboxylic acids is 1. The monoisotopic (exact) mass is 452 g/mol. The second-order valence-corrected chi connectivity index (χ2v) is 7.81. The van der Waals surface area contributed by atoms with Crippen molar-refractivity contribution in [2.75, 3.05) is 18.9 Å². The van der Waals surface area contributed by atoms with Gasteiger partial charge in [-0.25, -0.2) is 14.2 Å². The van der Waals surface area contributed by atoms with Crippen LogP contribution in [-0.4, -0.2) is 50.0 Å². The number of aryl methyl sites for hydroxylation is 1. The summed E-state index contributed by atoms with van der Waals surface area (Å²) < 4.78 is 14.0. The third-order valence-electron chi connectivity index (χ3n) is 5.65. The molecule has 4 rings (SSSR count). The zero-order chi connectivity index (χ0) is 23.7. The highest BCUT2D eigenvalue weighted by molar-refractivity contribution is 6.12. The Morgan fingerprint density at radius 3 is 2.79 bits per heavy atom. The number of H-pyrrole nitrogens is 1. The number of carbonyl (C=O) groups is 1. The largest absolute Gasteiger partial charge is 0.505 e. The van der Waals surface area contributed by atoms with Gasteiger partial charge < -0.3 is 31.1 Å².